The first kappa shape index (κ1) is 49.3. The van der Waals surface area contributed by atoms with Crippen LogP contribution in [0.3, 0.4) is 0 Å². The lowest BCUT2D eigenvalue weighted by atomic mass is 9.82. The summed E-state index contributed by atoms with van der Waals surface area (Å²) in [6, 6.07) is 0. The summed E-state index contributed by atoms with van der Waals surface area (Å²) >= 11 is 0. The molecule has 3 atom stereocenters. The number of carbonyl (C=O) groups excluding carboxylic acids is 2. The van der Waals surface area contributed by atoms with Crippen molar-refractivity contribution < 1.29 is 46.7 Å². The van der Waals surface area contributed by atoms with Crippen molar-refractivity contribution in [3.05, 3.63) is 48.6 Å². The Kier molecular flexibility index (Phi) is 22.3. The van der Waals surface area contributed by atoms with Crippen molar-refractivity contribution in [2.24, 2.45) is 21.7 Å². The number of allylic oxidation sites excluding steroid dienone is 6. The van der Waals surface area contributed by atoms with Gasteiger partial charge in [-0.1, -0.05) is 77.0 Å². The van der Waals surface area contributed by atoms with Crippen LogP contribution in [0.15, 0.2) is 48.6 Å². The minimum absolute atomic E-state index is 0.0878. The van der Waals surface area contributed by atoms with Crippen LogP contribution in [0, 0.1) is 21.7 Å². The van der Waals surface area contributed by atoms with E-state index in [-0.39, 0.29) is 23.1 Å². The Morgan fingerprint density at radius 2 is 1.02 bits per heavy atom. The highest BCUT2D eigenvalue weighted by atomic mass is 31.2. The molecule has 0 fully saturated rings. The van der Waals surface area contributed by atoms with Gasteiger partial charge in [-0.05, 0) is 89.9 Å². The second kappa shape index (κ2) is 22.2. The predicted molar refractivity (Wildman–Crippen MR) is 200 cm³/mol. The molecule has 0 aliphatic carbocycles. The third kappa shape index (κ3) is 20.0. The van der Waals surface area contributed by atoms with Crippen molar-refractivity contribution in [3.63, 3.8) is 0 Å². The first-order chi connectivity index (χ1) is 22.4. The van der Waals surface area contributed by atoms with E-state index >= 15 is 0 Å². The van der Waals surface area contributed by atoms with Crippen LogP contribution in [0.5, 0.6) is 0 Å². The van der Waals surface area contributed by atoms with Gasteiger partial charge in [0.05, 0.1) is 10.8 Å². The lowest BCUT2D eigenvalue weighted by Gasteiger charge is -2.26. The normalized spacial score (nSPS) is 16.6. The van der Waals surface area contributed by atoms with E-state index < -0.39 is 38.3 Å². The van der Waals surface area contributed by atoms with Crippen molar-refractivity contribution in [2.75, 3.05) is 34.0 Å². The summed E-state index contributed by atoms with van der Waals surface area (Å²) in [6.07, 6.45) is 13.3. The van der Waals surface area contributed by atoms with Crippen LogP contribution in [0.2, 0.25) is 0 Å². The zero-order valence-corrected chi connectivity index (χ0v) is 34.6. The molecule has 0 saturated carbocycles. The number of ether oxygens (including phenoxy) is 2. The molecule has 10 nitrogen and oxygen atoms in total. The highest BCUT2D eigenvalue weighted by Gasteiger charge is 2.35. The van der Waals surface area contributed by atoms with Gasteiger partial charge in [0.1, 0.15) is 0 Å². The van der Waals surface area contributed by atoms with E-state index in [0.29, 0.717) is 25.7 Å². The van der Waals surface area contributed by atoms with E-state index in [9.17, 15) is 23.6 Å². The Hall–Kier alpha value is -1.80. The van der Waals surface area contributed by atoms with Crippen LogP contribution in [0.25, 0.3) is 0 Å². The fourth-order valence-electron chi connectivity index (χ4n) is 3.85. The monoisotopic (exact) mass is 734 g/mol. The molecule has 0 heterocycles. The molecule has 3 unspecified atom stereocenters. The molecule has 0 aromatic heterocycles. The minimum atomic E-state index is -3.85. The average Bonchev–Trinajstić information content (AvgIpc) is 3.09. The van der Waals surface area contributed by atoms with E-state index in [0.717, 1.165) is 32.8 Å². The topological polar surface area (TPSA) is 135 Å². The van der Waals surface area contributed by atoms with Crippen LogP contribution in [-0.2, 0) is 41.8 Å². The summed E-state index contributed by atoms with van der Waals surface area (Å²) in [5.41, 5.74) is 1.25. The predicted octanol–water partition coefficient (Wildman–Crippen LogP) is 10.8. The van der Waals surface area contributed by atoms with Gasteiger partial charge >= 0.3 is 27.1 Å². The second-order valence-electron chi connectivity index (χ2n) is 14.6. The first-order valence-corrected chi connectivity index (χ1v) is 20.4. The van der Waals surface area contributed by atoms with E-state index in [4.69, 9.17) is 18.5 Å². The largest absolute Gasteiger partial charge is 0.452 e. The highest BCUT2D eigenvalue weighted by Crippen LogP contribution is 2.47. The van der Waals surface area contributed by atoms with Crippen LogP contribution in [0.1, 0.15) is 121 Å². The number of rotatable bonds is 23. The molecule has 49 heavy (non-hydrogen) atoms. The molecule has 0 aromatic carbocycles. The van der Waals surface area contributed by atoms with E-state index in [1.165, 1.54) is 25.4 Å². The van der Waals surface area contributed by atoms with Crippen molar-refractivity contribution in [2.45, 2.75) is 121 Å². The molecule has 0 saturated heterocycles. The maximum Gasteiger partial charge on any atom is 0.367 e. The van der Waals surface area contributed by atoms with Gasteiger partial charge in [-0.25, -0.2) is 0 Å². The molecule has 0 aliphatic rings. The summed E-state index contributed by atoms with van der Waals surface area (Å²) in [4.78, 5) is 34.1. The van der Waals surface area contributed by atoms with Crippen molar-refractivity contribution in [3.8, 4) is 0 Å². The van der Waals surface area contributed by atoms with Crippen molar-refractivity contribution in [1.82, 2.24) is 0 Å². The molecule has 1 N–H and O–H groups in total. The van der Waals surface area contributed by atoms with Crippen LogP contribution in [0.4, 0.5) is 0 Å². The lowest BCUT2D eigenvalue weighted by Crippen LogP contribution is -2.29. The molecule has 12 heteroatoms. The molecule has 0 aromatic rings. The molecular weight excluding hydrogens is 666 g/mol. The highest BCUT2D eigenvalue weighted by molar-refractivity contribution is 7.53. The SMILES string of the molecule is C=CC(C)(C)CCC(C)=CCC(C)(CC)C(=O)OCP(=O)(O)OC.C=CC(C)(C)CCC(C)=CCC(C)(CC)C(=O)OCP(=O)(OC)OC. The Morgan fingerprint density at radius 1 is 0.673 bits per heavy atom. The van der Waals surface area contributed by atoms with E-state index in [2.05, 4.69) is 64.5 Å². The quantitative estimate of drug-likeness (QED) is 0.0614. The second-order valence-corrected chi connectivity index (χ2v) is 18.7. The summed E-state index contributed by atoms with van der Waals surface area (Å²) in [5.74, 6) is -0.869. The van der Waals surface area contributed by atoms with Crippen LogP contribution in [-0.4, -0.2) is 50.9 Å². The fourth-order valence-corrected chi connectivity index (χ4v) is 4.87. The Balaban J connectivity index is 0. The molecule has 0 rings (SSSR count). The fraction of sp³-hybridized carbons (Fsp3) is 0.730. The summed E-state index contributed by atoms with van der Waals surface area (Å²) in [7, 11) is -3.54. The van der Waals surface area contributed by atoms with Gasteiger partial charge in [0.2, 0.25) is 0 Å². The summed E-state index contributed by atoms with van der Waals surface area (Å²) < 4.78 is 47.6. The van der Waals surface area contributed by atoms with Crippen LogP contribution >= 0.6 is 15.2 Å². The van der Waals surface area contributed by atoms with E-state index in [1.54, 1.807) is 0 Å². The van der Waals surface area contributed by atoms with Gasteiger partial charge in [-0.15, -0.1) is 13.2 Å². The molecule has 0 amide bonds. The maximum atomic E-state index is 12.5. The smallest absolute Gasteiger partial charge is 0.367 e. The Labute approximate surface area is 298 Å². The van der Waals surface area contributed by atoms with Gasteiger partial charge in [-0.3, -0.25) is 18.7 Å². The Morgan fingerprint density at radius 3 is 1.31 bits per heavy atom. The van der Waals surface area contributed by atoms with Gasteiger partial charge in [0, 0.05) is 21.3 Å². The third-order valence-electron chi connectivity index (χ3n) is 9.34. The van der Waals surface area contributed by atoms with E-state index in [1.807, 2.05) is 46.8 Å². The molecule has 286 valence electrons. The number of hydrogen-bond donors (Lipinski definition) is 1. The van der Waals surface area contributed by atoms with Crippen molar-refractivity contribution >= 4 is 27.1 Å². The molecule has 0 aliphatic heterocycles. The third-order valence-corrected chi connectivity index (χ3v) is 11.9. The first-order valence-electron chi connectivity index (χ1n) is 16.9. The molecule has 0 bridgehead atoms. The van der Waals surface area contributed by atoms with Gasteiger partial charge in [-0.2, -0.15) is 0 Å². The number of esters is 2. The van der Waals surface area contributed by atoms with Crippen LogP contribution < -0.4 is 0 Å². The van der Waals surface area contributed by atoms with Gasteiger partial charge in [0.15, 0.2) is 12.7 Å². The maximum absolute atomic E-state index is 12.5. The molecule has 0 radical (unpaired) electrons. The van der Waals surface area contributed by atoms with Gasteiger partial charge < -0.3 is 27.9 Å². The summed E-state index contributed by atoms with van der Waals surface area (Å²) in [5, 5.41) is 0. The number of hydrogen-bond acceptors (Lipinski definition) is 9. The van der Waals surface area contributed by atoms with Gasteiger partial charge in [0.25, 0.3) is 0 Å². The Bertz CT molecular complexity index is 1210. The lowest BCUT2D eigenvalue weighted by molar-refractivity contribution is -0.154. The zero-order chi connectivity index (χ0) is 38.7. The summed E-state index contributed by atoms with van der Waals surface area (Å²) in [6.45, 7) is 27.9. The standard InChI is InChI=1S/C19H35O5P.C18H33O5P/c1-9-18(4,5)13-11-16(3)12-14-19(6,10-2)17(20)24-15-25(21,22-7)23-8;1-8-17(4,5)12-10-15(3)11-13-18(6,9-2)16(19)23-14-24(20,21)22-7/h9,12H,1,10-11,13-15H2,2-8H3;8,11H,1,9-10,12-14H2,2-7H3,(H,20,21). The van der Waals surface area contributed by atoms with Crippen molar-refractivity contribution in [1.29, 1.82) is 0 Å². The molecule has 0 spiro atoms. The minimum Gasteiger partial charge on any atom is -0.452 e. The number of carbonyl (C=O) groups is 2. The zero-order valence-electron chi connectivity index (χ0n) is 32.8. The molecular formula is C37H68O10P2. The average molecular weight is 735 g/mol.